The van der Waals surface area contributed by atoms with E-state index in [1.807, 2.05) is 0 Å². The van der Waals surface area contributed by atoms with Gasteiger partial charge < -0.3 is 14.2 Å². The number of hydrogen-bond donors (Lipinski definition) is 0. The molecule has 0 aromatic heterocycles. The molecule has 0 heterocycles. The average Bonchev–Trinajstić information content (AvgIpc) is 3.34. The van der Waals surface area contributed by atoms with E-state index in [4.69, 9.17) is 14.2 Å². The van der Waals surface area contributed by atoms with Gasteiger partial charge in [-0.2, -0.15) is 0 Å². The lowest BCUT2D eigenvalue weighted by atomic mass is 10.0. The monoisotopic (exact) mass is 947 g/mol. The minimum absolute atomic E-state index is 0.0951. The van der Waals surface area contributed by atoms with Crippen molar-refractivity contribution >= 4 is 17.9 Å². The van der Waals surface area contributed by atoms with Gasteiger partial charge in [0.2, 0.25) is 0 Å². The van der Waals surface area contributed by atoms with Crippen LogP contribution >= 0.6 is 0 Å². The fraction of sp³-hybridized carbons (Fsp3) is 0.726. The maximum Gasteiger partial charge on any atom is 0.306 e. The first-order chi connectivity index (χ1) is 33.5. The van der Waals surface area contributed by atoms with E-state index in [1.165, 1.54) is 128 Å². The zero-order valence-corrected chi connectivity index (χ0v) is 44.6. The first kappa shape index (κ1) is 64.6. The van der Waals surface area contributed by atoms with E-state index in [-0.39, 0.29) is 31.1 Å². The lowest BCUT2D eigenvalue weighted by Crippen LogP contribution is -2.30. The summed E-state index contributed by atoms with van der Waals surface area (Å²) >= 11 is 0. The molecular weight excluding hydrogens is 841 g/mol. The number of carbonyl (C=O) groups excluding carboxylic acids is 3. The van der Waals surface area contributed by atoms with Crippen molar-refractivity contribution in [1.82, 2.24) is 0 Å². The summed E-state index contributed by atoms with van der Waals surface area (Å²) in [6.07, 6.45) is 72.8. The summed E-state index contributed by atoms with van der Waals surface area (Å²) in [7, 11) is 0. The van der Waals surface area contributed by atoms with Crippen LogP contribution in [0.1, 0.15) is 271 Å². The third-order valence-electron chi connectivity index (χ3n) is 12.1. The standard InChI is InChI=1S/C62H106O6/c1-4-7-10-13-16-19-22-25-28-30-31-32-35-37-40-43-46-49-52-55-61(64)67-58-59(57-66-60(63)54-51-48-45-42-39-36-33-27-24-21-18-15-12-9-6-3)68-62(65)56-53-50-47-44-41-38-34-29-26-23-20-17-14-11-8-5-2/h9,12,16,18-19,21,25,27-28,31-33,39,42,59H,4-8,10-11,13-15,17,20,22-24,26,29-30,34-38,40-41,43-58H2,1-3H3/b12-9-,19-16-,21-18-,28-25-,32-31-,33-27-,42-39-/t59-/m1/s1. The fourth-order valence-corrected chi connectivity index (χ4v) is 7.85. The number of rotatable bonds is 51. The molecule has 6 nitrogen and oxygen atoms in total. The molecule has 0 N–H and O–H groups in total. The molecule has 0 saturated heterocycles. The van der Waals surface area contributed by atoms with Crippen molar-refractivity contribution in [2.75, 3.05) is 13.2 Å². The van der Waals surface area contributed by atoms with Crippen LogP contribution in [0.5, 0.6) is 0 Å². The van der Waals surface area contributed by atoms with Crippen LogP contribution in [-0.2, 0) is 28.6 Å². The Balaban J connectivity index is 4.45. The Morgan fingerprint density at radius 2 is 0.574 bits per heavy atom. The van der Waals surface area contributed by atoms with Crippen molar-refractivity contribution in [2.24, 2.45) is 0 Å². The Hall–Kier alpha value is -3.41. The van der Waals surface area contributed by atoms with Gasteiger partial charge >= 0.3 is 17.9 Å². The molecule has 0 aliphatic heterocycles. The molecular formula is C62H106O6. The highest BCUT2D eigenvalue weighted by Gasteiger charge is 2.19. The Kier molecular flexibility index (Phi) is 53.4. The van der Waals surface area contributed by atoms with Gasteiger partial charge in [-0.15, -0.1) is 0 Å². The molecule has 0 aliphatic rings. The third-order valence-corrected chi connectivity index (χ3v) is 12.1. The minimum Gasteiger partial charge on any atom is -0.462 e. The van der Waals surface area contributed by atoms with Gasteiger partial charge in [0.25, 0.3) is 0 Å². The van der Waals surface area contributed by atoms with Gasteiger partial charge in [0, 0.05) is 19.3 Å². The lowest BCUT2D eigenvalue weighted by Gasteiger charge is -2.18. The van der Waals surface area contributed by atoms with Crippen molar-refractivity contribution in [1.29, 1.82) is 0 Å². The highest BCUT2D eigenvalue weighted by atomic mass is 16.6. The van der Waals surface area contributed by atoms with Crippen LogP contribution < -0.4 is 0 Å². The Labute approximate surface area is 420 Å². The SMILES string of the molecule is CC/C=C\C/C=C\C/C=C\C/C=C\CCCCC(=O)OC[C@H](COC(=O)CCCCCCCC/C=C\C/C=C\C/C=C\CCCCC)OC(=O)CCCCCCCCCCCCCCCCCC. The van der Waals surface area contributed by atoms with E-state index in [0.717, 1.165) is 103 Å². The van der Waals surface area contributed by atoms with Gasteiger partial charge in [-0.05, 0) is 96.3 Å². The summed E-state index contributed by atoms with van der Waals surface area (Å²) in [4.78, 5) is 38.1. The highest BCUT2D eigenvalue weighted by Crippen LogP contribution is 2.16. The molecule has 0 aliphatic carbocycles. The fourth-order valence-electron chi connectivity index (χ4n) is 7.85. The Morgan fingerprint density at radius 1 is 0.309 bits per heavy atom. The lowest BCUT2D eigenvalue weighted by molar-refractivity contribution is -0.167. The molecule has 1 atom stereocenters. The zero-order chi connectivity index (χ0) is 49.3. The normalized spacial score (nSPS) is 12.7. The molecule has 0 bridgehead atoms. The highest BCUT2D eigenvalue weighted by molar-refractivity contribution is 5.71. The van der Waals surface area contributed by atoms with Crippen LogP contribution in [0.15, 0.2) is 85.1 Å². The largest absolute Gasteiger partial charge is 0.462 e. The Bertz CT molecular complexity index is 1320. The maximum atomic E-state index is 12.9. The molecule has 0 aromatic carbocycles. The second-order valence-corrected chi connectivity index (χ2v) is 18.8. The summed E-state index contributed by atoms with van der Waals surface area (Å²) in [5.74, 6) is -0.942. The van der Waals surface area contributed by atoms with E-state index in [1.54, 1.807) is 0 Å². The van der Waals surface area contributed by atoms with Crippen molar-refractivity contribution < 1.29 is 28.6 Å². The minimum atomic E-state index is -0.798. The number of allylic oxidation sites excluding steroid dienone is 14. The first-order valence-corrected chi connectivity index (χ1v) is 28.6. The zero-order valence-electron chi connectivity index (χ0n) is 44.6. The number of hydrogen-bond acceptors (Lipinski definition) is 6. The van der Waals surface area contributed by atoms with Gasteiger partial charge in [-0.25, -0.2) is 0 Å². The molecule has 6 heteroatoms. The molecule has 390 valence electrons. The van der Waals surface area contributed by atoms with Gasteiger partial charge in [0.05, 0.1) is 0 Å². The van der Waals surface area contributed by atoms with Crippen LogP contribution in [-0.4, -0.2) is 37.2 Å². The number of ether oxygens (including phenoxy) is 3. The average molecular weight is 948 g/mol. The summed E-state index contributed by atoms with van der Waals surface area (Å²) in [6, 6.07) is 0. The van der Waals surface area contributed by atoms with E-state index >= 15 is 0 Å². The molecule has 0 radical (unpaired) electrons. The number of esters is 3. The molecule has 0 saturated carbocycles. The van der Waals surface area contributed by atoms with Crippen molar-refractivity contribution in [3.63, 3.8) is 0 Å². The second kappa shape index (κ2) is 56.2. The van der Waals surface area contributed by atoms with Crippen molar-refractivity contribution in [2.45, 2.75) is 277 Å². The van der Waals surface area contributed by atoms with Crippen LogP contribution in [0.4, 0.5) is 0 Å². The van der Waals surface area contributed by atoms with E-state index in [2.05, 4.69) is 106 Å². The molecule has 0 unspecified atom stereocenters. The summed E-state index contributed by atoms with van der Waals surface area (Å²) in [5.41, 5.74) is 0. The molecule has 0 spiro atoms. The van der Waals surface area contributed by atoms with Crippen LogP contribution in [0.25, 0.3) is 0 Å². The second-order valence-electron chi connectivity index (χ2n) is 18.8. The predicted molar refractivity (Wildman–Crippen MR) is 293 cm³/mol. The predicted octanol–water partition coefficient (Wildman–Crippen LogP) is 19.2. The van der Waals surface area contributed by atoms with E-state index in [0.29, 0.717) is 19.3 Å². The van der Waals surface area contributed by atoms with Gasteiger partial charge in [-0.1, -0.05) is 241 Å². The van der Waals surface area contributed by atoms with Gasteiger partial charge in [0.1, 0.15) is 13.2 Å². The quantitative estimate of drug-likeness (QED) is 0.0262. The summed E-state index contributed by atoms with van der Waals surface area (Å²) in [5, 5.41) is 0. The van der Waals surface area contributed by atoms with Crippen molar-refractivity contribution in [3.05, 3.63) is 85.1 Å². The van der Waals surface area contributed by atoms with Crippen molar-refractivity contribution in [3.8, 4) is 0 Å². The molecule has 0 fully saturated rings. The van der Waals surface area contributed by atoms with E-state index in [9.17, 15) is 14.4 Å². The maximum absolute atomic E-state index is 12.9. The molecule has 0 rings (SSSR count). The Morgan fingerprint density at radius 3 is 0.956 bits per heavy atom. The van der Waals surface area contributed by atoms with Crippen LogP contribution in [0.3, 0.4) is 0 Å². The van der Waals surface area contributed by atoms with Gasteiger partial charge in [-0.3, -0.25) is 14.4 Å². The number of carbonyl (C=O) groups is 3. The third kappa shape index (κ3) is 53.5. The molecule has 68 heavy (non-hydrogen) atoms. The van der Waals surface area contributed by atoms with E-state index < -0.39 is 6.10 Å². The smallest absolute Gasteiger partial charge is 0.306 e. The number of unbranched alkanes of at least 4 members (excludes halogenated alkanes) is 26. The topological polar surface area (TPSA) is 78.9 Å². The van der Waals surface area contributed by atoms with Gasteiger partial charge in [0.15, 0.2) is 6.10 Å². The first-order valence-electron chi connectivity index (χ1n) is 28.6. The summed E-state index contributed by atoms with van der Waals surface area (Å²) < 4.78 is 16.8. The van der Waals surface area contributed by atoms with Crippen LogP contribution in [0, 0.1) is 0 Å². The van der Waals surface area contributed by atoms with Crippen LogP contribution in [0.2, 0.25) is 0 Å². The molecule has 0 amide bonds. The molecule has 0 aromatic rings. The summed E-state index contributed by atoms with van der Waals surface area (Å²) in [6.45, 7) is 6.47.